The average molecular weight is 335 g/mol. The molecular formula is C13H36NOSi4. The van der Waals surface area contributed by atoms with E-state index in [9.17, 15) is 5.21 Å². The van der Waals surface area contributed by atoms with Gasteiger partial charge in [-0.2, -0.15) is 4.73 Å². The molecule has 0 saturated heterocycles. The summed E-state index contributed by atoms with van der Waals surface area (Å²) in [5.41, 5.74) is -0.243. The molecular weight excluding hydrogens is 298 g/mol. The van der Waals surface area contributed by atoms with Gasteiger partial charge in [-0.25, -0.2) is 0 Å². The Balaban J connectivity index is 6.45. The van der Waals surface area contributed by atoms with Crippen molar-refractivity contribution in [1.29, 1.82) is 0 Å². The van der Waals surface area contributed by atoms with Crippen LogP contribution in [0.3, 0.4) is 0 Å². The Bertz CT molecular complexity index is 281. The molecule has 0 aromatic carbocycles. The van der Waals surface area contributed by atoms with Crippen LogP contribution in [-0.4, -0.2) is 39.8 Å². The Morgan fingerprint density at radius 1 is 0.632 bits per heavy atom. The number of hydrogen-bond donors (Lipinski definition) is 0. The van der Waals surface area contributed by atoms with Crippen molar-refractivity contribution >= 4 is 29.6 Å². The van der Waals surface area contributed by atoms with E-state index in [0.717, 1.165) is 0 Å². The highest BCUT2D eigenvalue weighted by Gasteiger charge is 2.67. The monoisotopic (exact) mass is 334 g/mol. The normalized spacial score (nSPS) is 16.1. The molecule has 0 aromatic heterocycles. The second-order valence-electron chi connectivity index (χ2n) is 9.93. The first-order valence-electron chi connectivity index (χ1n) is 7.38. The van der Waals surface area contributed by atoms with E-state index in [-0.39, 0.29) is 5.54 Å². The van der Waals surface area contributed by atoms with Crippen molar-refractivity contribution in [2.75, 3.05) is 0 Å². The lowest BCUT2D eigenvalue weighted by atomic mass is 10.1. The van der Waals surface area contributed by atoms with Crippen molar-refractivity contribution < 1.29 is 5.21 Å². The zero-order valence-corrected chi connectivity index (χ0v) is 19.4. The van der Waals surface area contributed by atoms with Gasteiger partial charge in [-0.05, 0) is 20.8 Å². The van der Waals surface area contributed by atoms with Crippen molar-refractivity contribution in [2.24, 2.45) is 0 Å². The molecule has 0 saturated carbocycles. The summed E-state index contributed by atoms with van der Waals surface area (Å²) < 4.78 is 1.70. The molecule has 0 aliphatic rings. The fourth-order valence-corrected chi connectivity index (χ4v) is 104. The maximum atomic E-state index is 13.5. The topological polar surface area (TPSA) is 23.1 Å². The molecule has 0 heterocycles. The first-order valence-corrected chi connectivity index (χ1v) is 22.8. The average Bonchev–Trinajstić information content (AvgIpc) is 1.92. The molecule has 0 fully saturated rings. The molecule has 1 radical (unpaired) electrons. The smallest absolute Gasteiger partial charge is 0.138 e. The Kier molecular flexibility index (Phi) is 5.42. The number of hydrogen-bond acceptors (Lipinski definition) is 1. The van der Waals surface area contributed by atoms with Gasteiger partial charge in [0.15, 0.2) is 0 Å². The van der Waals surface area contributed by atoms with E-state index in [1.165, 1.54) is 0 Å². The fraction of sp³-hybridized carbons (Fsp3) is 1.00. The lowest BCUT2D eigenvalue weighted by Gasteiger charge is -2.61. The first-order chi connectivity index (χ1) is 7.90. The largest absolute Gasteiger partial charge is 0.184 e. The summed E-state index contributed by atoms with van der Waals surface area (Å²) >= 11 is 0. The highest BCUT2D eigenvalue weighted by atomic mass is 29.9. The summed E-state index contributed by atoms with van der Waals surface area (Å²) in [6.45, 7) is 26.6. The van der Waals surface area contributed by atoms with E-state index < -0.39 is 29.6 Å². The molecule has 2 nitrogen and oxygen atoms in total. The zero-order valence-electron chi connectivity index (χ0n) is 15.4. The molecule has 0 N–H and O–H groups in total. The Labute approximate surface area is 125 Å². The van der Waals surface area contributed by atoms with Crippen LogP contribution in [0.4, 0.5) is 0 Å². The van der Waals surface area contributed by atoms with Crippen molar-refractivity contribution in [3.8, 4) is 0 Å². The van der Waals surface area contributed by atoms with Gasteiger partial charge in [0, 0.05) is 5.54 Å². The third-order valence-corrected chi connectivity index (χ3v) is 73.8. The van der Waals surface area contributed by atoms with E-state index in [1.54, 1.807) is 4.73 Å². The second kappa shape index (κ2) is 5.21. The molecule has 0 spiro atoms. The number of rotatable bonds is 4. The number of hydroxylamine groups is 1. The molecule has 0 amide bonds. The molecule has 115 valence electrons. The second-order valence-corrected chi connectivity index (χ2v) is 49.8. The highest BCUT2D eigenvalue weighted by molar-refractivity contribution is 7.88. The summed E-state index contributed by atoms with van der Waals surface area (Å²) in [6.07, 6.45) is 0. The van der Waals surface area contributed by atoms with Gasteiger partial charge in [-0.15, -0.1) is 5.21 Å². The third kappa shape index (κ3) is 3.34. The van der Waals surface area contributed by atoms with Crippen LogP contribution in [0.15, 0.2) is 0 Å². The molecule has 0 aliphatic heterocycles. The maximum Gasteiger partial charge on any atom is 0.138 e. The van der Waals surface area contributed by atoms with Gasteiger partial charge < -0.3 is 0 Å². The van der Waals surface area contributed by atoms with E-state index in [2.05, 4.69) is 79.7 Å². The fourth-order valence-electron chi connectivity index (χ4n) is 4.79. The van der Waals surface area contributed by atoms with Gasteiger partial charge in [0.05, 0.1) is 22.8 Å². The molecule has 6 heteroatoms. The highest BCUT2D eigenvalue weighted by Crippen LogP contribution is 2.41. The Morgan fingerprint density at radius 2 is 0.842 bits per heavy atom. The first kappa shape index (κ1) is 19.8. The van der Waals surface area contributed by atoms with Gasteiger partial charge >= 0.3 is 0 Å². The maximum absolute atomic E-state index is 13.5. The van der Waals surface area contributed by atoms with E-state index >= 15 is 0 Å². The molecule has 0 rings (SSSR count). The van der Waals surface area contributed by atoms with E-state index in [1.807, 2.05) is 0 Å². The predicted molar refractivity (Wildman–Crippen MR) is 98.1 cm³/mol. The quantitative estimate of drug-likeness (QED) is 0.543. The van der Waals surface area contributed by atoms with Gasteiger partial charge in [-0.1, -0.05) is 58.9 Å². The van der Waals surface area contributed by atoms with Crippen LogP contribution >= 0.6 is 0 Å². The summed E-state index contributed by atoms with van der Waals surface area (Å²) in [5, 5.41) is 13.5. The number of nitrogens with zero attached hydrogens (tertiary/aromatic N) is 1. The van der Waals surface area contributed by atoms with Crippen LogP contribution in [0.2, 0.25) is 58.9 Å². The van der Waals surface area contributed by atoms with E-state index in [0.29, 0.717) is 0 Å². The molecule has 0 aromatic rings. The summed E-state index contributed by atoms with van der Waals surface area (Å²) in [5.74, 6) is 0. The van der Waals surface area contributed by atoms with E-state index in [4.69, 9.17) is 0 Å². The van der Waals surface area contributed by atoms with Crippen LogP contribution in [-0.2, 0) is 5.21 Å². The van der Waals surface area contributed by atoms with Crippen molar-refractivity contribution in [2.45, 2.75) is 85.2 Å². The summed E-state index contributed by atoms with van der Waals surface area (Å²) in [7, 11) is -4.51. The molecule has 0 unspecified atom stereocenters. The third-order valence-electron chi connectivity index (χ3n) is 4.17. The summed E-state index contributed by atoms with van der Waals surface area (Å²) in [6, 6.07) is 0. The lowest BCUT2D eigenvalue weighted by Crippen LogP contribution is -2.90. The van der Waals surface area contributed by atoms with Crippen molar-refractivity contribution in [3.05, 3.63) is 0 Å². The van der Waals surface area contributed by atoms with Gasteiger partial charge in [0.2, 0.25) is 0 Å². The van der Waals surface area contributed by atoms with Crippen LogP contribution in [0.25, 0.3) is 0 Å². The van der Waals surface area contributed by atoms with Crippen LogP contribution in [0.5, 0.6) is 0 Å². The minimum absolute atomic E-state index is 0.243. The standard InChI is InChI=1S/C13H36NOSi4/c1-13(2,3)14(15)19(16(4,5)6,17(7,8)9)18(10,11)12/h1-12H3. The molecule has 19 heavy (non-hydrogen) atoms. The lowest BCUT2D eigenvalue weighted by molar-refractivity contribution is -0.138. The Morgan fingerprint density at radius 3 is 0.895 bits per heavy atom. The predicted octanol–water partition coefficient (Wildman–Crippen LogP) is 4.63. The van der Waals surface area contributed by atoms with Crippen molar-refractivity contribution in [1.82, 2.24) is 4.73 Å². The van der Waals surface area contributed by atoms with Gasteiger partial charge in [0.25, 0.3) is 0 Å². The minimum atomic E-state index is -1.94. The van der Waals surface area contributed by atoms with Crippen molar-refractivity contribution in [3.63, 3.8) is 0 Å². The van der Waals surface area contributed by atoms with Gasteiger partial charge in [0.1, 0.15) is 6.79 Å². The molecule has 0 aliphatic carbocycles. The summed E-state index contributed by atoms with van der Waals surface area (Å²) in [4.78, 5) is 0. The van der Waals surface area contributed by atoms with Crippen LogP contribution < -0.4 is 0 Å². The van der Waals surface area contributed by atoms with Crippen LogP contribution in [0, 0.1) is 0 Å². The van der Waals surface area contributed by atoms with Crippen LogP contribution in [0.1, 0.15) is 20.8 Å². The molecule has 0 bridgehead atoms. The minimum Gasteiger partial charge on any atom is -0.184 e. The SMILES string of the molecule is CC(C)(C)N([O])[Si]([Si](C)(C)C)([Si](C)(C)C)[Si](C)(C)C. The zero-order chi connectivity index (χ0) is 16.1. The Hall–Kier alpha value is 0.788. The van der Waals surface area contributed by atoms with Gasteiger partial charge in [-0.3, -0.25) is 0 Å². The molecule has 0 atom stereocenters.